The maximum absolute atomic E-state index is 10.9. The van der Waals surface area contributed by atoms with E-state index in [1.807, 2.05) is 132 Å². The number of carbonyl (C=O) groups is 13. The number of carboxylic acids is 6. The molecule has 0 heterocycles. The Hall–Kier alpha value is -8.75. The average molecular weight is 1540 g/mol. The molecular formula is C75H158N6O25. The first-order valence-corrected chi connectivity index (χ1v) is 34.1. The van der Waals surface area contributed by atoms with Gasteiger partial charge < -0.3 is 98.0 Å². The summed E-state index contributed by atoms with van der Waals surface area (Å²) in [5, 5.41) is 102. The fraction of sp³-hybridized carbons (Fsp3) is 0.640. The molecule has 31 nitrogen and oxygen atoms in total. The number of rotatable bonds is 3. The molecule has 2 aromatic carbocycles. The molecule has 3 unspecified atom stereocenters. The van der Waals surface area contributed by atoms with E-state index in [0.29, 0.717) is 18.0 Å². The predicted molar refractivity (Wildman–Crippen MR) is 433 cm³/mol. The van der Waals surface area contributed by atoms with Gasteiger partial charge in [-0.05, 0) is 76.8 Å². The van der Waals surface area contributed by atoms with Crippen LogP contribution in [0.2, 0.25) is 0 Å². The van der Waals surface area contributed by atoms with Gasteiger partial charge in [-0.3, -0.25) is 57.5 Å². The quantitative estimate of drug-likeness (QED) is 0.127. The lowest BCUT2D eigenvalue weighted by atomic mass is 9.73. The minimum absolute atomic E-state index is 0.00463. The summed E-state index contributed by atoms with van der Waals surface area (Å²) < 4.78 is 0. The second-order valence-corrected chi connectivity index (χ2v) is 17.1. The Morgan fingerprint density at radius 3 is 0.698 bits per heavy atom. The number of allylic oxidation sites excluding steroid dienone is 1. The van der Waals surface area contributed by atoms with Crippen LogP contribution in [0.15, 0.2) is 72.8 Å². The third kappa shape index (κ3) is 322. The third-order valence-corrected chi connectivity index (χ3v) is 8.07. The Bertz CT molecular complexity index is 1920. The van der Waals surface area contributed by atoms with Crippen LogP contribution >= 0.6 is 0 Å². The second-order valence-electron chi connectivity index (χ2n) is 17.1. The van der Waals surface area contributed by atoms with Gasteiger partial charge in [0.25, 0.3) is 35.8 Å². The number of hydrogen-bond donors (Lipinski definition) is 18. The maximum Gasteiger partial charge on any atom is 0.300 e. The highest BCUT2D eigenvalue weighted by molar-refractivity contribution is 5.88. The van der Waals surface area contributed by atoms with E-state index >= 15 is 0 Å². The van der Waals surface area contributed by atoms with Crippen LogP contribution in [0.25, 0.3) is 0 Å². The van der Waals surface area contributed by atoms with Gasteiger partial charge in [-0.1, -0.05) is 169 Å². The second kappa shape index (κ2) is 158. The lowest BCUT2D eigenvalue weighted by Gasteiger charge is -2.38. The van der Waals surface area contributed by atoms with Gasteiger partial charge in [-0.2, -0.15) is 0 Å². The zero-order valence-corrected chi connectivity index (χ0v) is 72.1. The van der Waals surface area contributed by atoms with Gasteiger partial charge in [0.05, 0.1) is 0 Å². The van der Waals surface area contributed by atoms with Crippen molar-refractivity contribution in [1.29, 1.82) is 0 Å². The van der Waals surface area contributed by atoms with E-state index in [1.165, 1.54) is 92.1 Å². The Kier molecular flexibility index (Phi) is 232. The highest BCUT2D eigenvalue weighted by Gasteiger charge is 2.32. The Balaban J connectivity index is -0.0000000384. The SMILES string of the molecule is CC.CC.CC.CC.CC.CC.CC(=O)NC1CC2C=CC1CC2.CC(=O)NC1CCCCC1.CC(=O)Nc1ccccc1.CC(=O)O.CC(=O)O.CC(=O)O.CC(=O)O.CC(=O)O.CC(=O)O.CC(C)=O.CNC(C)=O.CNC(C)=O.CNC(C)=O.CO.CO.CO.CO.CO.CO.Cc1ccccc1. The van der Waals surface area contributed by atoms with Gasteiger partial charge in [0.2, 0.25) is 35.4 Å². The number of para-hydroxylation sites is 1. The zero-order chi connectivity index (χ0) is 90.4. The number of Topliss-reactive ketones (excluding diaryl/α,β-unsaturated/α-hetero) is 1. The van der Waals surface area contributed by atoms with Crippen LogP contribution in [0.3, 0.4) is 0 Å². The molecule has 2 bridgehead atoms. The summed E-state index contributed by atoms with van der Waals surface area (Å²) in [6, 6.07) is 20.5. The Morgan fingerprint density at radius 1 is 0.321 bits per heavy atom. The number of anilines is 1. The summed E-state index contributed by atoms with van der Waals surface area (Å²) in [4.78, 5) is 125. The first-order valence-electron chi connectivity index (χ1n) is 34.1. The molecule has 0 spiro atoms. The molecule has 2 saturated carbocycles. The van der Waals surface area contributed by atoms with Crippen molar-refractivity contribution in [3.05, 3.63) is 78.4 Å². The topological polar surface area (TPSA) is 537 Å². The standard InChI is InChI=1S/C10H15NO.C8H15NO.C8H9NO.C7H8.3C3H7NO.C3H6O.6C2H4O2.6C2H6.6CH4O/c1-7(12)11-10-6-8-2-4-9(10)5-3-8;2*1-7(10)9-8-5-3-2-4-6-8;1-7-5-3-2-4-6-7;3*1-3(5)4-2;1-3(2)4;6*1-2(3)4;12*1-2/h2,4,8-10H,3,5-6H2,1H3,(H,11,12);8H,2-6H2,1H3,(H,9,10);2-6H,1H3,(H,9,10);2-6H,1H3;3*1-2H3,(H,4,5);1-2H3;6*1H3,(H,3,4);6*1-2H3;6*2H,1H3. The zero-order valence-electron chi connectivity index (χ0n) is 72.1. The van der Waals surface area contributed by atoms with Crippen molar-refractivity contribution >= 4 is 82.7 Å². The van der Waals surface area contributed by atoms with E-state index in [2.05, 4.69) is 63.1 Å². The van der Waals surface area contributed by atoms with E-state index in [1.54, 1.807) is 35.0 Å². The summed E-state index contributed by atoms with van der Waals surface area (Å²) in [6.07, 6.45) is 14.6. The predicted octanol–water partition coefficient (Wildman–Crippen LogP) is 10.8. The minimum atomic E-state index is -0.833. The van der Waals surface area contributed by atoms with Crippen molar-refractivity contribution in [2.75, 3.05) is 69.1 Å². The fourth-order valence-corrected chi connectivity index (χ4v) is 5.15. The summed E-state index contributed by atoms with van der Waals surface area (Å²) in [6.45, 7) is 44.7. The molecule has 4 aliphatic rings. The summed E-state index contributed by atoms with van der Waals surface area (Å²) in [5.74, 6) is -3.29. The van der Waals surface area contributed by atoms with E-state index in [4.69, 9.17) is 90.0 Å². The van der Waals surface area contributed by atoms with Gasteiger partial charge in [0.15, 0.2) is 0 Å². The highest BCUT2D eigenvalue weighted by Crippen LogP contribution is 2.36. The number of benzene rings is 2. The third-order valence-electron chi connectivity index (χ3n) is 8.07. The molecule has 31 heteroatoms. The molecule has 2 fully saturated rings. The number of aryl methyl sites for hydroxylation is 1. The summed E-state index contributed by atoms with van der Waals surface area (Å²) >= 11 is 0. The van der Waals surface area contributed by atoms with Crippen molar-refractivity contribution in [2.24, 2.45) is 11.8 Å². The Labute approximate surface area is 640 Å². The molecule has 4 aliphatic carbocycles. The maximum atomic E-state index is 10.9. The van der Waals surface area contributed by atoms with Crippen LogP contribution in [0.5, 0.6) is 0 Å². The number of nitrogens with one attached hydrogen (secondary N) is 6. The van der Waals surface area contributed by atoms with Crippen LogP contribution in [0.1, 0.15) is 237 Å². The largest absolute Gasteiger partial charge is 0.481 e. The minimum Gasteiger partial charge on any atom is -0.481 e. The Morgan fingerprint density at radius 2 is 0.547 bits per heavy atom. The number of carboxylic acid groups (broad SMARTS) is 6. The number of ketones is 1. The molecule has 106 heavy (non-hydrogen) atoms. The lowest BCUT2D eigenvalue weighted by Crippen LogP contribution is -2.44. The number of carbonyl (C=O) groups excluding carboxylic acids is 7. The van der Waals surface area contributed by atoms with Crippen LogP contribution < -0.4 is 31.9 Å². The normalized spacial score (nSPS) is 11.0. The van der Waals surface area contributed by atoms with Crippen LogP contribution in [-0.2, 0) is 62.3 Å². The molecule has 6 rings (SSSR count). The van der Waals surface area contributed by atoms with Crippen molar-refractivity contribution in [1.82, 2.24) is 26.6 Å². The lowest BCUT2D eigenvalue weighted by molar-refractivity contribution is -0.135. The van der Waals surface area contributed by atoms with Crippen LogP contribution in [0.4, 0.5) is 5.69 Å². The van der Waals surface area contributed by atoms with Gasteiger partial charge in [0.1, 0.15) is 5.78 Å². The number of aliphatic hydroxyl groups excluding tert-OH is 6. The molecule has 2 aromatic rings. The fourth-order valence-electron chi connectivity index (χ4n) is 5.15. The number of aliphatic carboxylic acids is 6. The van der Waals surface area contributed by atoms with Gasteiger partial charge in [0, 0.05) is 165 Å². The highest BCUT2D eigenvalue weighted by atomic mass is 16.4. The van der Waals surface area contributed by atoms with Crippen molar-refractivity contribution in [3.63, 3.8) is 0 Å². The molecule has 0 aliphatic heterocycles. The van der Waals surface area contributed by atoms with Crippen molar-refractivity contribution in [3.8, 4) is 0 Å². The molecule has 6 amide bonds. The van der Waals surface area contributed by atoms with Gasteiger partial charge in [-0.15, -0.1) is 0 Å². The number of aliphatic hydroxyl groups is 6. The molecule has 18 N–H and O–H groups in total. The first-order chi connectivity index (χ1) is 49.7. The van der Waals surface area contributed by atoms with Crippen LogP contribution in [-0.4, -0.2) is 214 Å². The van der Waals surface area contributed by atoms with E-state index in [-0.39, 0.29) is 41.2 Å². The molecule has 0 saturated heterocycles. The van der Waals surface area contributed by atoms with Crippen molar-refractivity contribution in [2.45, 2.75) is 250 Å². The van der Waals surface area contributed by atoms with E-state index in [0.717, 1.165) is 102 Å². The number of hydrogen-bond acceptors (Lipinski definition) is 19. The van der Waals surface area contributed by atoms with E-state index in [9.17, 15) is 33.6 Å². The molecule has 0 radical (unpaired) electrons. The summed E-state index contributed by atoms with van der Waals surface area (Å²) in [7, 11) is 10.8. The summed E-state index contributed by atoms with van der Waals surface area (Å²) in [5.41, 5.74) is 2.16. The van der Waals surface area contributed by atoms with Crippen molar-refractivity contribution < 1.29 is 124 Å². The number of amides is 6. The number of fused-ring (bicyclic) bond motifs is 2. The monoisotopic (exact) mass is 1540 g/mol. The molecule has 3 atom stereocenters. The van der Waals surface area contributed by atoms with E-state index < -0.39 is 35.8 Å². The molecule has 0 aromatic heterocycles. The van der Waals surface area contributed by atoms with Gasteiger partial charge >= 0.3 is 0 Å². The smallest absolute Gasteiger partial charge is 0.300 e. The molecular weight excluding hydrogens is 1380 g/mol. The first kappa shape index (κ1) is 155. The van der Waals surface area contributed by atoms with Crippen LogP contribution in [0, 0.1) is 18.8 Å². The molecule has 638 valence electrons. The average Bonchev–Trinajstić information content (AvgIpc) is 0.829. The van der Waals surface area contributed by atoms with Gasteiger partial charge in [-0.25, -0.2) is 0 Å².